The first-order valence-electron chi connectivity index (χ1n) is 9.23. The van der Waals surface area contributed by atoms with Crippen molar-refractivity contribution in [3.8, 4) is 0 Å². The molecule has 1 aliphatic heterocycles. The highest BCUT2D eigenvalue weighted by Crippen LogP contribution is 2.15. The average Bonchev–Trinajstić information content (AvgIpc) is 2.66. The van der Waals surface area contributed by atoms with Crippen LogP contribution in [0.5, 0.6) is 0 Å². The second kappa shape index (κ2) is 9.32. The molecule has 0 aromatic heterocycles. The van der Waals surface area contributed by atoms with E-state index in [2.05, 4.69) is 45.5 Å². The Kier molecular flexibility index (Phi) is 6.83. The Morgan fingerprint density at radius 2 is 1.39 bits per heavy atom. The smallest absolute Gasteiger partial charge is 0.269 e. The SMILES string of the molecule is CC1CN(Cc2ccc(C(=O)NNC(=O)c3ccc(Br)cc3)cc2)CC(C)O1. The van der Waals surface area contributed by atoms with Crippen LogP contribution in [0.15, 0.2) is 53.0 Å². The van der Waals surface area contributed by atoms with E-state index in [4.69, 9.17) is 4.74 Å². The second-order valence-corrected chi connectivity index (χ2v) is 7.98. The van der Waals surface area contributed by atoms with Gasteiger partial charge in [0, 0.05) is 35.2 Å². The molecule has 2 amide bonds. The molecule has 2 atom stereocenters. The van der Waals surface area contributed by atoms with E-state index in [0.717, 1.165) is 29.7 Å². The summed E-state index contributed by atoms with van der Waals surface area (Å²) in [5.41, 5.74) is 6.97. The number of carbonyl (C=O) groups is 2. The van der Waals surface area contributed by atoms with Gasteiger partial charge in [0.05, 0.1) is 12.2 Å². The molecule has 28 heavy (non-hydrogen) atoms. The lowest BCUT2D eigenvalue weighted by atomic mass is 10.1. The van der Waals surface area contributed by atoms with Crippen LogP contribution in [-0.4, -0.2) is 42.0 Å². The molecule has 7 heteroatoms. The Balaban J connectivity index is 1.52. The molecule has 2 unspecified atom stereocenters. The van der Waals surface area contributed by atoms with Crippen molar-refractivity contribution in [1.29, 1.82) is 0 Å². The van der Waals surface area contributed by atoms with Gasteiger partial charge in [-0.2, -0.15) is 0 Å². The Labute approximate surface area is 173 Å². The zero-order chi connectivity index (χ0) is 20.1. The van der Waals surface area contributed by atoms with Gasteiger partial charge in [-0.05, 0) is 55.8 Å². The third kappa shape index (κ3) is 5.64. The van der Waals surface area contributed by atoms with Crippen molar-refractivity contribution in [2.75, 3.05) is 13.1 Å². The number of hydrogen-bond acceptors (Lipinski definition) is 4. The van der Waals surface area contributed by atoms with Crippen molar-refractivity contribution in [3.05, 3.63) is 69.7 Å². The van der Waals surface area contributed by atoms with Crippen LogP contribution in [0.25, 0.3) is 0 Å². The van der Waals surface area contributed by atoms with Gasteiger partial charge in [0.15, 0.2) is 0 Å². The summed E-state index contributed by atoms with van der Waals surface area (Å²) in [6.45, 7) is 6.78. The molecular weight excluding hydrogens is 422 g/mol. The maximum absolute atomic E-state index is 12.3. The van der Waals surface area contributed by atoms with E-state index >= 15 is 0 Å². The molecule has 1 fully saturated rings. The molecule has 2 aromatic carbocycles. The van der Waals surface area contributed by atoms with E-state index in [0.29, 0.717) is 11.1 Å². The molecule has 3 rings (SSSR count). The first-order chi connectivity index (χ1) is 13.4. The molecule has 148 valence electrons. The summed E-state index contributed by atoms with van der Waals surface area (Å²) in [4.78, 5) is 26.7. The van der Waals surface area contributed by atoms with Crippen molar-refractivity contribution in [2.45, 2.75) is 32.6 Å². The highest BCUT2D eigenvalue weighted by Gasteiger charge is 2.22. The minimum absolute atomic E-state index is 0.225. The van der Waals surface area contributed by atoms with Gasteiger partial charge in [0.1, 0.15) is 0 Å². The van der Waals surface area contributed by atoms with Gasteiger partial charge in [0.25, 0.3) is 11.8 Å². The van der Waals surface area contributed by atoms with Crippen LogP contribution < -0.4 is 10.9 Å². The average molecular weight is 446 g/mol. The fourth-order valence-corrected chi connectivity index (χ4v) is 3.56. The third-order valence-electron chi connectivity index (χ3n) is 4.51. The van der Waals surface area contributed by atoms with Gasteiger partial charge in [0.2, 0.25) is 0 Å². The van der Waals surface area contributed by atoms with Gasteiger partial charge in [-0.15, -0.1) is 0 Å². The third-order valence-corrected chi connectivity index (χ3v) is 5.04. The van der Waals surface area contributed by atoms with Crippen LogP contribution in [0.4, 0.5) is 0 Å². The number of ether oxygens (including phenoxy) is 1. The number of carbonyl (C=O) groups excluding carboxylic acids is 2. The number of nitrogens with zero attached hydrogens (tertiary/aromatic N) is 1. The zero-order valence-electron chi connectivity index (χ0n) is 15.9. The Hall–Kier alpha value is -2.22. The lowest BCUT2D eigenvalue weighted by Crippen LogP contribution is -2.44. The molecule has 1 saturated heterocycles. The number of hydrazine groups is 1. The molecule has 1 heterocycles. The van der Waals surface area contributed by atoms with Crippen LogP contribution in [0.3, 0.4) is 0 Å². The summed E-state index contributed by atoms with van der Waals surface area (Å²) < 4.78 is 6.64. The number of morpholine rings is 1. The zero-order valence-corrected chi connectivity index (χ0v) is 17.5. The Bertz CT molecular complexity index is 814. The van der Waals surface area contributed by atoms with E-state index in [1.807, 2.05) is 12.1 Å². The molecule has 0 radical (unpaired) electrons. The number of benzene rings is 2. The first-order valence-corrected chi connectivity index (χ1v) is 10.0. The van der Waals surface area contributed by atoms with Crippen molar-refractivity contribution < 1.29 is 14.3 Å². The highest BCUT2D eigenvalue weighted by atomic mass is 79.9. The van der Waals surface area contributed by atoms with Crippen molar-refractivity contribution in [3.63, 3.8) is 0 Å². The normalized spacial score (nSPS) is 19.8. The van der Waals surface area contributed by atoms with Crippen LogP contribution in [0.1, 0.15) is 40.1 Å². The fraction of sp³-hybridized carbons (Fsp3) is 0.333. The standard InChI is InChI=1S/C21H24BrN3O3/c1-14-11-25(12-15(2)28-14)13-16-3-5-17(6-4-16)20(26)23-24-21(27)18-7-9-19(22)10-8-18/h3-10,14-15H,11-13H2,1-2H3,(H,23,26)(H,24,27). The number of halogens is 1. The van der Waals surface area contributed by atoms with Crippen LogP contribution in [0.2, 0.25) is 0 Å². The highest BCUT2D eigenvalue weighted by molar-refractivity contribution is 9.10. The molecule has 0 bridgehead atoms. The fourth-order valence-electron chi connectivity index (χ4n) is 3.29. The lowest BCUT2D eigenvalue weighted by molar-refractivity contribution is -0.0704. The topological polar surface area (TPSA) is 70.7 Å². The summed E-state index contributed by atoms with van der Waals surface area (Å²) in [7, 11) is 0. The predicted octanol–water partition coefficient (Wildman–Crippen LogP) is 3.13. The van der Waals surface area contributed by atoms with Crippen LogP contribution in [-0.2, 0) is 11.3 Å². The molecule has 0 spiro atoms. The maximum atomic E-state index is 12.3. The lowest BCUT2D eigenvalue weighted by Gasteiger charge is -2.35. The van der Waals surface area contributed by atoms with E-state index in [9.17, 15) is 9.59 Å². The Morgan fingerprint density at radius 3 is 1.89 bits per heavy atom. The minimum atomic E-state index is -0.368. The van der Waals surface area contributed by atoms with Crippen LogP contribution >= 0.6 is 15.9 Å². The largest absolute Gasteiger partial charge is 0.373 e. The summed E-state index contributed by atoms with van der Waals surface area (Å²) >= 11 is 3.32. The van der Waals surface area contributed by atoms with Gasteiger partial charge in [-0.25, -0.2) is 0 Å². The quantitative estimate of drug-likeness (QED) is 0.709. The van der Waals surface area contributed by atoms with Crippen molar-refractivity contribution in [2.24, 2.45) is 0 Å². The predicted molar refractivity (Wildman–Crippen MR) is 111 cm³/mol. The second-order valence-electron chi connectivity index (χ2n) is 7.06. The van der Waals surface area contributed by atoms with Crippen molar-refractivity contribution >= 4 is 27.7 Å². The molecule has 2 aromatic rings. The monoisotopic (exact) mass is 445 g/mol. The number of hydrogen-bond donors (Lipinski definition) is 2. The molecule has 6 nitrogen and oxygen atoms in total. The van der Waals surface area contributed by atoms with Gasteiger partial charge < -0.3 is 4.74 Å². The van der Waals surface area contributed by atoms with Gasteiger partial charge in [-0.3, -0.25) is 25.3 Å². The maximum Gasteiger partial charge on any atom is 0.269 e. The van der Waals surface area contributed by atoms with E-state index < -0.39 is 0 Å². The van der Waals surface area contributed by atoms with Gasteiger partial charge >= 0.3 is 0 Å². The Morgan fingerprint density at radius 1 is 0.929 bits per heavy atom. The molecular formula is C21H24BrN3O3. The summed E-state index contributed by atoms with van der Waals surface area (Å²) in [6, 6.07) is 14.3. The minimum Gasteiger partial charge on any atom is -0.373 e. The van der Waals surface area contributed by atoms with Gasteiger partial charge in [-0.1, -0.05) is 28.1 Å². The molecule has 0 saturated carbocycles. The number of amides is 2. The first kappa shape index (κ1) is 20.5. The molecule has 0 aliphatic carbocycles. The summed E-state index contributed by atoms with van der Waals surface area (Å²) in [6.07, 6.45) is 0.450. The van der Waals surface area contributed by atoms with Crippen molar-refractivity contribution in [1.82, 2.24) is 15.8 Å². The van der Waals surface area contributed by atoms with E-state index in [1.165, 1.54) is 0 Å². The van der Waals surface area contributed by atoms with E-state index in [-0.39, 0.29) is 24.0 Å². The summed E-state index contributed by atoms with van der Waals surface area (Å²) in [5, 5.41) is 0. The van der Waals surface area contributed by atoms with Crippen LogP contribution in [0, 0.1) is 0 Å². The molecule has 1 aliphatic rings. The van der Waals surface area contributed by atoms with E-state index in [1.54, 1.807) is 36.4 Å². The summed E-state index contributed by atoms with van der Waals surface area (Å²) in [5.74, 6) is -0.723. The number of rotatable bonds is 4. The number of nitrogens with one attached hydrogen (secondary N) is 2. The molecule has 2 N–H and O–H groups in total.